The van der Waals surface area contributed by atoms with Crippen molar-refractivity contribution in [3.05, 3.63) is 35.7 Å². The summed E-state index contributed by atoms with van der Waals surface area (Å²) in [4.78, 5) is 6.90. The van der Waals surface area contributed by atoms with E-state index in [0.717, 1.165) is 44.7 Å². The van der Waals surface area contributed by atoms with Gasteiger partial charge in [0.2, 0.25) is 11.7 Å². The molecule has 5 heteroatoms. The molecule has 1 aliphatic rings. The summed E-state index contributed by atoms with van der Waals surface area (Å²) < 4.78 is 5.42. The summed E-state index contributed by atoms with van der Waals surface area (Å²) >= 11 is 0. The van der Waals surface area contributed by atoms with Gasteiger partial charge in [-0.25, -0.2) is 0 Å². The van der Waals surface area contributed by atoms with E-state index < -0.39 is 0 Å². The number of aromatic nitrogens is 2. The van der Waals surface area contributed by atoms with Gasteiger partial charge >= 0.3 is 0 Å². The third-order valence-electron chi connectivity index (χ3n) is 4.10. The van der Waals surface area contributed by atoms with Gasteiger partial charge in [0.25, 0.3) is 0 Å². The van der Waals surface area contributed by atoms with Gasteiger partial charge in [0.05, 0.1) is 6.54 Å². The number of benzene rings is 1. The first-order valence-electron chi connectivity index (χ1n) is 8.08. The zero-order valence-corrected chi connectivity index (χ0v) is 13.4. The average Bonchev–Trinajstić information content (AvgIpc) is 2.83. The smallest absolute Gasteiger partial charge is 0.241 e. The highest BCUT2D eigenvalue weighted by Gasteiger charge is 2.14. The summed E-state index contributed by atoms with van der Waals surface area (Å²) in [6, 6.07) is 8.41. The minimum absolute atomic E-state index is 0.534. The molecule has 22 heavy (non-hydrogen) atoms. The lowest BCUT2D eigenvalue weighted by Gasteiger charge is -2.16. The highest BCUT2D eigenvalue weighted by Crippen LogP contribution is 2.20. The van der Waals surface area contributed by atoms with Crippen molar-refractivity contribution in [1.82, 2.24) is 20.4 Å². The lowest BCUT2D eigenvalue weighted by molar-refractivity contribution is 0.239. The maximum Gasteiger partial charge on any atom is 0.241 e. The van der Waals surface area contributed by atoms with Crippen molar-refractivity contribution in [3.8, 4) is 11.4 Å². The van der Waals surface area contributed by atoms with E-state index in [1.807, 2.05) is 0 Å². The van der Waals surface area contributed by atoms with Crippen LogP contribution >= 0.6 is 0 Å². The number of rotatable bonds is 4. The van der Waals surface area contributed by atoms with Crippen LogP contribution in [-0.4, -0.2) is 41.2 Å². The summed E-state index contributed by atoms with van der Waals surface area (Å²) in [5, 5.41) is 7.52. The van der Waals surface area contributed by atoms with Gasteiger partial charge in [-0.05, 0) is 31.0 Å². The maximum absolute atomic E-state index is 5.42. The molecule has 2 aromatic rings. The van der Waals surface area contributed by atoms with Gasteiger partial charge in [0, 0.05) is 18.7 Å². The van der Waals surface area contributed by atoms with Gasteiger partial charge in [-0.1, -0.05) is 43.3 Å². The van der Waals surface area contributed by atoms with E-state index >= 15 is 0 Å². The van der Waals surface area contributed by atoms with Crippen LogP contribution in [0.15, 0.2) is 28.8 Å². The third-order valence-corrected chi connectivity index (χ3v) is 4.10. The van der Waals surface area contributed by atoms with Crippen LogP contribution in [0.3, 0.4) is 0 Å². The van der Waals surface area contributed by atoms with Crippen molar-refractivity contribution in [2.75, 3.05) is 26.2 Å². The summed E-state index contributed by atoms with van der Waals surface area (Å²) in [7, 11) is 0. The van der Waals surface area contributed by atoms with Crippen molar-refractivity contribution < 1.29 is 4.52 Å². The molecule has 0 saturated carbocycles. The SMILES string of the molecule is CC(C)c1ccc(-c2noc(CN3CCCNCC3)n2)cc1. The van der Waals surface area contributed by atoms with E-state index in [9.17, 15) is 0 Å². The van der Waals surface area contributed by atoms with Crippen LogP contribution < -0.4 is 5.32 Å². The molecule has 1 aliphatic heterocycles. The van der Waals surface area contributed by atoms with Crippen LogP contribution in [0.5, 0.6) is 0 Å². The Morgan fingerprint density at radius 2 is 2.00 bits per heavy atom. The summed E-state index contributed by atoms with van der Waals surface area (Å²) in [6.45, 7) is 9.34. The number of nitrogens with zero attached hydrogens (tertiary/aromatic N) is 3. The lowest BCUT2D eigenvalue weighted by atomic mass is 10.0. The van der Waals surface area contributed by atoms with Crippen LogP contribution in [0.4, 0.5) is 0 Å². The molecule has 2 heterocycles. The summed E-state index contributed by atoms with van der Waals surface area (Å²) in [5.41, 5.74) is 2.33. The fourth-order valence-electron chi connectivity index (χ4n) is 2.70. The van der Waals surface area contributed by atoms with Gasteiger partial charge in [0.1, 0.15) is 0 Å². The second kappa shape index (κ2) is 7.03. The highest BCUT2D eigenvalue weighted by molar-refractivity contribution is 5.54. The number of nitrogens with one attached hydrogen (secondary N) is 1. The Morgan fingerprint density at radius 3 is 2.77 bits per heavy atom. The number of hydrogen-bond acceptors (Lipinski definition) is 5. The van der Waals surface area contributed by atoms with Crippen LogP contribution in [0, 0.1) is 0 Å². The van der Waals surface area contributed by atoms with Crippen LogP contribution in [-0.2, 0) is 6.54 Å². The fourth-order valence-corrected chi connectivity index (χ4v) is 2.70. The Morgan fingerprint density at radius 1 is 1.18 bits per heavy atom. The van der Waals surface area contributed by atoms with Gasteiger partial charge < -0.3 is 9.84 Å². The van der Waals surface area contributed by atoms with E-state index in [0.29, 0.717) is 17.6 Å². The number of hydrogen-bond donors (Lipinski definition) is 1. The van der Waals surface area contributed by atoms with Gasteiger partial charge in [-0.15, -0.1) is 0 Å². The molecule has 0 aliphatic carbocycles. The molecule has 5 nitrogen and oxygen atoms in total. The first-order valence-corrected chi connectivity index (χ1v) is 8.08. The Bertz CT molecular complexity index is 583. The molecule has 1 saturated heterocycles. The zero-order chi connectivity index (χ0) is 15.4. The lowest BCUT2D eigenvalue weighted by Crippen LogP contribution is -2.27. The Hall–Kier alpha value is -1.72. The molecule has 1 N–H and O–H groups in total. The summed E-state index contributed by atoms with van der Waals surface area (Å²) in [5.74, 6) is 1.91. The molecule has 0 radical (unpaired) electrons. The van der Waals surface area contributed by atoms with E-state index in [1.54, 1.807) is 0 Å². The minimum atomic E-state index is 0.534. The van der Waals surface area contributed by atoms with Crippen LogP contribution in [0.25, 0.3) is 11.4 Å². The molecular formula is C17H24N4O. The first kappa shape index (κ1) is 15.2. The third kappa shape index (κ3) is 3.72. The Balaban J connectivity index is 1.67. The molecular weight excluding hydrogens is 276 g/mol. The molecule has 0 bridgehead atoms. The van der Waals surface area contributed by atoms with E-state index in [4.69, 9.17) is 4.52 Å². The average molecular weight is 300 g/mol. The maximum atomic E-state index is 5.42. The fraction of sp³-hybridized carbons (Fsp3) is 0.529. The quantitative estimate of drug-likeness (QED) is 0.941. The molecule has 1 aromatic carbocycles. The monoisotopic (exact) mass is 300 g/mol. The second-order valence-corrected chi connectivity index (χ2v) is 6.17. The molecule has 0 spiro atoms. The van der Waals surface area contributed by atoms with Crippen molar-refractivity contribution in [3.63, 3.8) is 0 Å². The predicted octanol–water partition coefficient (Wildman–Crippen LogP) is 2.66. The van der Waals surface area contributed by atoms with E-state index in [-0.39, 0.29) is 0 Å². The van der Waals surface area contributed by atoms with Crippen molar-refractivity contribution in [2.45, 2.75) is 32.7 Å². The van der Waals surface area contributed by atoms with Crippen molar-refractivity contribution >= 4 is 0 Å². The van der Waals surface area contributed by atoms with Crippen molar-refractivity contribution in [2.24, 2.45) is 0 Å². The highest BCUT2D eigenvalue weighted by atomic mass is 16.5. The Labute approximate surface area is 131 Å². The molecule has 3 rings (SSSR count). The van der Waals surface area contributed by atoms with Crippen LogP contribution in [0.2, 0.25) is 0 Å². The van der Waals surface area contributed by atoms with Crippen LogP contribution in [0.1, 0.15) is 37.6 Å². The zero-order valence-electron chi connectivity index (χ0n) is 13.4. The predicted molar refractivity (Wildman–Crippen MR) is 86.6 cm³/mol. The van der Waals surface area contributed by atoms with E-state index in [1.165, 1.54) is 5.56 Å². The van der Waals surface area contributed by atoms with E-state index in [2.05, 4.69) is 58.5 Å². The first-order chi connectivity index (χ1) is 10.7. The molecule has 1 aromatic heterocycles. The summed E-state index contributed by atoms with van der Waals surface area (Å²) in [6.07, 6.45) is 1.16. The molecule has 118 valence electrons. The second-order valence-electron chi connectivity index (χ2n) is 6.17. The molecule has 0 amide bonds. The minimum Gasteiger partial charge on any atom is -0.338 e. The topological polar surface area (TPSA) is 54.2 Å². The normalized spacial score (nSPS) is 16.9. The Kier molecular flexibility index (Phi) is 4.85. The van der Waals surface area contributed by atoms with Gasteiger partial charge in [0.15, 0.2) is 0 Å². The molecule has 0 atom stereocenters. The van der Waals surface area contributed by atoms with Crippen molar-refractivity contribution in [1.29, 1.82) is 0 Å². The molecule has 0 unspecified atom stereocenters. The van der Waals surface area contributed by atoms with Gasteiger partial charge in [-0.3, -0.25) is 4.90 Å². The van der Waals surface area contributed by atoms with Gasteiger partial charge in [-0.2, -0.15) is 4.98 Å². The standard InChI is InChI=1S/C17H24N4O/c1-13(2)14-4-6-15(7-5-14)17-19-16(22-20-17)12-21-10-3-8-18-9-11-21/h4-7,13,18H,3,8-12H2,1-2H3. The molecule has 1 fully saturated rings. The largest absolute Gasteiger partial charge is 0.338 e.